The number of aryl methyl sites for hydroxylation is 1. The second-order valence-electron chi connectivity index (χ2n) is 8.34. The third-order valence-electron chi connectivity index (χ3n) is 5.33. The van der Waals surface area contributed by atoms with Crippen molar-refractivity contribution in [2.75, 3.05) is 13.2 Å². The number of fused-ring (bicyclic) bond motifs is 3. The van der Waals surface area contributed by atoms with Gasteiger partial charge in [0.05, 0.1) is 12.5 Å². The number of amides is 2. The molecule has 3 rings (SSSR count). The van der Waals surface area contributed by atoms with Crippen LogP contribution in [0.3, 0.4) is 0 Å². The molecule has 0 bridgehead atoms. The molecule has 2 amide bonds. The Labute approximate surface area is 185 Å². The zero-order valence-electron chi connectivity index (χ0n) is 18.2. The lowest BCUT2D eigenvalue weighted by Crippen LogP contribution is -2.50. The van der Waals surface area contributed by atoms with Gasteiger partial charge in [-0.3, -0.25) is 9.59 Å². The molecule has 1 aliphatic carbocycles. The van der Waals surface area contributed by atoms with Crippen molar-refractivity contribution in [2.45, 2.75) is 52.0 Å². The maximum Gasteiger partial charge on any atom is 0.339 e. The first kappa shape index (κ1) is 23.3. The molecule has 0 fully saturated rings. The van der Waals surface area contributed by atoms with Crippen LogP contribution >= 0.6 is 0 Å². The number of carbonyl (C=O) groups is 3. The Morgan fingerprint density at radius 1 is 1.16 bits per heavy atom. The summed E-state index contributed by atoms with van der Waals surface area (Å²) in [6, 6.07) is 4.22. The van der Waals surface area contributed by atoms with Crippen molar-refractivity contribution in [1.29, 1.82) is 0 Å². The first-order valence-corrected chi connectivity index (χ1v) is 10.7. The van der Waals surface area contributed by atoms with Gasteiger partial charge in [-0.25, -0.2) is 4.79 Å². The number of rotatable bonds is 9. The van der Waals surface area contributed by atoms with Crippen LogP contribution in [0.15, 0.2) is 27.4 Å². The fourth-order valence-electron chi connectivity index (χ4n) is 3.89. The van der Waals surface area contributed by atoms with E-state index in [9.17, 15) is 24.3 Å². The summed E-state index contributed by atoms with van der Waals surface area (Å²) in [5, 5.41) is 16.2. The molecule has 172 valence electrons. The molecule has 0 saturated carbocycles. The van der Waals surface area contributed by atoms with Crippen LogP contribution in [0.2, 0.25) is 0 Å². The van der Waals surface area contributed by atoms with Crippen LogP contribution in [0.25, 0.3) is 11.0 Å². The summed E-state index contributed by atoms with van der Waals surface area (Å²) in [6.07, 6.45) is 3.88. The maximum atomic E-state index is 12.3. The number of carboxylic acid groups (broad SMARTS) is 1. The van der Waals surface area contributed by atoms with Gasteiger partial charge in [0.1, 0.15) is 17.4 Å². The first-order valence-electron chi connectivity index (χ1n) is 10.7. The zero-order chi connectivity index (χ0) is 23.3. The molecule has 0 unspecified atom stereocenters. The summed E-state index contributed by atoms with van der Waals surface area (Å²) < 4.78 is 11.0. The molecule has 9 heteroatoms. The molecule has 1 aromatic carbocycles. The van der Waals surface area contributed by atoms with E-state index in [-0.39, 0.29) is 18.2 Å². The normalized spacial score (nSPS) is 14.0. The van der Waals surface area contributed by atoms with Crippen LogP contribution in [0.1, 0.15) is 44.2 Å². The molecule has 9 nitrogen and oxygen atoms in total. The van der Waals surface area contributed by atoms with Crippen LogP contribution in [-0.4, -0.2) is 37.0 Å². The van der Waals surface area contributed by atoms with Crippen LogP contribution in [0.4, 0.5) is 0 Å². The minimum absolute atomic E-state index is 0.0873. The van der Waals surface area contributed by atoms with Crippen molar-refractivity contribution in [3.05, 3.63) is 39.7 Å². The summed E-state index contributed by atoms with van der Waals surface area (Å²) in [5.41, 5.74) is 1.84. The van der Waals surface area contributed by atoms with E-state index in [1.165, 1.54) is 0 Å². The van der Waals surface area contributed by atoms with Crippen molar-refractivity contribution in [3.63, 3.8) is 0 Å². The number of carbonyl (C=O) groups excluding carboxylic acids is 3. The SMILES string of the molecule is CC(C)C[C@H](NC(=O)COc1ccc2c3c(c(=O)oc2c1)CCCC3)C(=O)NCC(=O)[O-]. The molecule has 2 aromatic rings. The van der Waals surface area contributed by atoms with Gasteiger partial charge >= 0.3 is 5.63 Å². The summed E-state index contributed by atoms with van der Waals surface area (Å²) in [4.78, 5) is 47.4. The van der Waals surface area contributed by atoms with Crippen molar-refractivity contribution < 1.29 is 28.6 Å². The summed E-state index contributed by atoms with van der Waals surface area (Å²) in [5.74, 6) is -2.11. The molecule has 1 atom stereocenters. The Kier molecular flexibility index (Phi) is 7.50. The highest BCUT2D eigenvalue weighted by atomic mass is 16.5. The van der Waals surface area contributed by atoms with Gasteiger partial charge in [-0.15, -0.1) is 0 Å². The number of hydrogen-bond acceptors (Lipinski definition) is 7. The smallest absolute Gasteiger partial charge is 0.339 e. The molecule has 0 saturated heterocycles. The van der Waals surface area contributed by atoms with Crippen molar-refractivity contribution in [1.82, 2.24) is 10.6 Å². The number of nitrogens with one attached hydrogen (secondary N) is 2. The fourth-order valence-corrected chi connectivity index (χ4v) is 3.89. The molecule has 2 N–H and O–H groups in total. The first-order chi connectivity index (χ1) is 15.2. The average molecular weight is 443 g/mol. The molecule has 0 aliphatic heterocycles. The number of hydrogen-bond donors (Lipinski definition) is 2. The standard InChI is InChI=1S/C23H28N2O7/c1-13(2)9-18(22(29)24-11-21(27)28)25-20(26)12-31-14-7-8-16-15-5-3-4-6-17(15)23(30)32-19(16)10-14/h7-8,10,13,18H,3-6,9,11-12H2,1-2H3,(H,24,29)(H,25,26)(H,27,28)/p-1/t18-/m0/s1. The fraction of sp³-hybridized carbons (Fsp3) is 0.478. The van der Waals surface area contributed by atoms with Crippen LogP contribution in [0.5, 0.6) is 5.75 Å². The maximum absolute atomic E-state index is 12.3. The number of carboxylic acids is 1. The van der Waals surface area contributed by atoms with Gasteiger partial charge in [0, 0.05) is 17.0 Å². The predicted molar refractivity (Wildman–Crippen MR) is 114 cm³/mol. The Hall–Kier alpha value is -3.36. The van der Waals surface area contributed by atoms with Crippen LogP contribution in [-0.2, 0) is 27.2 Å². The van der Waals surface area contributed by atoms with E-state index in [1.807, 2.05) is 19.9 Å². The Balaban J connectivity index is 1.65. The third-order valence-corrected chi connectivity index (χ3v) is 5.33. The highest BCUT2D eigenvalue weighted by molar-refractivity contribution is 5.89. The van der Waals surface area contributed by atoms with Gasteiger partial charge in [-0.1, -0.05) is 13.8 Å². The number of benzene rings is 1. The Bertz CT molecular complexity index is 1070. The van der Waals surface area contributed by atoms with Crippen molar-refractivity contribution >= 4 is 28.8 Å². The molecule has 1 aliphatic rings. The zero-order valence-corrected chi connectivity index (χ0v) is 18.2. The topological polar surface area (TPSA) is 138 Å². The lowest BCUT2D eigenvalue weighted by Gasteiger charge is -2.20. The van der Waals surface area contributed by atoms with Crippen molar-refractivity contribution in [2.24, 2.45) is 5.92 Å². The highest BCUT2D eigenvalue weighted by Gasteiger charge is 2.22. The summed E-state index contributed by atoms with van der Waals surface area (Å²) >= 11 is 0. The quantitative estimate of drug-likeness (QED) is 0.537. The van der Waals surface area contributed by atoms with Gasteiger partial charge in [-0.05, 0) is 55.7 Å². The molecule has 0 radical (unpaired) electrons. The molecule has 1 heterocycles. The van der Waals surface area contributed by atoms with Gasteiger partial charge in [0.25, 0.3) is 5.91 Å². The van der Waals surface area contributed by atoms with E-state index in [0.29, 0.717) is 17.8 Å². The molecular formula is C23H27N2O7-. The van der Waals surface area contributed by atoms with Gasteiger partial charge in [-0.2, -0.15) is 0 Å². The summed E-state index contributed by atoms with van der Waals surface area (Å²) in [7, 11) is 0. The largest absolute Gasteiger partial charge is 0.548 e. The third kappa shape index (κ3) is 5.87. The lowest BCUT2D eigenvalue weighted by atomic mass is 9.91. The van der Waals surface area contributed by atoms with Crippen molar-refractivity contribution in [3.8, 4) is 5.75 Å². The molecule has 1 aromatic heterocycles. The lowest BCUT2D eigenvalue weighted by molar-refractivity contribution is -0.304. The highest BCUT2D eigenvalue weighted by Crippen LogP contribution is 2.29. The second-order valence-corrected chi connectivity index (χ2v) is 8.34. The van der Waals surface area contributed by atoms with E-state index in [0.717, 1.165) is 42.2 Å². The van der Waals surface area contributed by atoms with Gasteiger partial charge in [0.15, 0.2) is 6.61 Å². The second kappa shape index (κ2) is 10.3. The van der Waals surface area contributed by atoms with Gasteiger partial charge < -0.3 is 29.7 Å². The molecule has 32 heavy (non-hydrogen) atoms. The van der Waals surface area contributed by atoms with E-state index in [4.69, 9.17) is 9.15 Å². The number of aliphatic carboxylic acids is 1. The van der Waals surface area contributed by atoms with Crippen LogP contribution < -0.4 is 26.1 Å². The van der Waals surface area contributed by atoms with E-state index < -0.39 is 30.4 Å². The molecular weight excluding hydrogens is 416 g/mol. The number of ether oxygens (including phenoxy) is 1. The van der Waals surface area contributed by atoms with Gasteiger partial charge in [0.2, 0.25) is 5.91 Å². The Morgan fingerprint density at radius 3 is 2.56 bits per heavy atom. The molecule has 0 spiro atoms. The van der Waals surface area contributed by atoms with E-state index in [1.54, 1.807) is 12.1 Å². The van der Waals surface area contributed by atoms with E-state index >= 15 is 0 Å². The average Bonchev–Trinajstić information content (AvgIpc) is 2.75. The van der Waals surface area contributed by atoms with E-state index in [2.05, 4.69) is 10.6 Å². The Morgan fingerprint density at radius 2 is 1.88 bits per heavy atom. The minimum Gasteiger partial charge on any atom is -0.548 e. The predicted octanol–water partition coefficient (Wildman–Crippen LogP) is 0.448. The minimum atomic E-state index is -1.42. The monoisotopic (exact) mass is 443 g/mol. The van der Waals surface area contributed by atoms with Crippen LogP contribution in [0, 0.1) is 5.92 Å². The summed E-state index contributed by atoms with van der Waals surface area (Å²) in [6.45, 7) is 2.77.